The monoisotopic (exact) mass is 351 g/mol. The number of aromatic nitrogens is 1. The zero-order chi connectivity index (χ0) is 17.8. The van der Waals surface area contributed by atoms with Crippen molar-refractivity contribution in [3.8, 4) is 17.2 Å². The second kappa shape index (κ2) is 7.43. The van der Waals surface area contributed by atoms with Crippen molar-refractivity contribution < 1.29 is 4.39 Å². The molecule has 2 N–H and O–H groups in total. The van der Waals surface area contributed by atoms with Gasteiger partial charge in [-0.25, -0.2) is 4.39 Å². The molecule has 25 heavy (non-hydrogen) atoms. The van der Waals surface area contributed by atoms with E-state index in [9.17, 15) is 4.39 Å². The highest BCUT2D eigenvalue weighted by atomic mass is 35.5. The fraction of sp³-hybridized carbons (Fsp3) is 0.100. The maximum atomic E-state index is 13.5. The summed E-state index contributed by atoms with van der Waals surface area (Å²) in [6.45, 7) is 0. The first-order chi connectivity index (χ1) is 12.1. The quantitative estimate of drug-likeness (QED) is 0.743. The van der Waals surface area contributed by atoms with Crippen molar-refractivity contribution in [1.82, 2.24) is 4.98 Å². The van der Waals surface area contributed by atoms with Gasteiger partial charge in [-0.2, -0.15) is 5.26 Å². The van der Waals surface area contributed by atoms with E-state index < -0.39 is 11.9 Å². The third kappa shape index (κ3) is 4.03. The summed E-state index contributed by atoms with van der Waals surface area (Å²) in [5.74, 6) is -0.391. The molecule has 3 nitrogen and oxygen atoms in total. The summed E-state index contributed by atoms with van der Waals surface area (Å²) in [4.78, 5) is 4.42. The van der Waals surface area contributed by atoms with Gasteiger partial charge in [0.15, 0.2) is 0 Å². The van der Waals surface area contributed by atoms with Crippen LogP contribution in [0.25, 0.3) is 11.1 Å². The Morgan fingerprint density at radius 2 is 2.00 bits per heavy atom. The Morgan fingerprint density at radius 1 is 1.16 bits per heavy atom. The minimum atomic E-state index is -0.431. The predicted octanol–water partition coefficient (Wildman–Crippen LogP) is 4.66. The summed E-state index contributed by atoms with van der Waals surface area (Å²) in [5, 5.41) is 9.43. The largest absolute Gasteiger partial charge is 0.322 e. The van der Waals surface area contributed by atoms with E-state index in [4.69, 9.17) is 22.6 Å². The zero-order valence-electron chi connectivity index (χ0n) is 13.3. The van der Waals surface area contributed by atoms with Crippen molar-refractivity contribution in [2.24, 2.45) is 5.73 Å². The molecular weight excluding hydrogens is 337 g/mol. The first-order valence-corrected chi connectivity index (χ1v) is 8.10. The number of hydrogen-bond donors (Lipinski definition) is 1. The molecule has 0 amide bonds. The molecule has 1 atom stereocenters. The number of nitriles is 1. The van der Waals surface area contributed by atoms with Crippen LogP contribution in [0.3, 0.4) is 0 Å². The molecule has 0 aliphatic rings. The second-order valence-electron chi connectivity index (χ2n) is 5.72. The predicted molar refractivity (Wildman–Crippen MR) is 96.4 cm³/mol. The topological polar surface area (TPSA) is 62.7 Å². The Balaban J connectivity index is 1.96. The highest BCUT2D eigenvalue weighted by molar-refractivity contribution is 6.30. The van der Waals surface area contributed by atoms with Gasteiger partial charge in [0.1, 0.15) is 5.82 Å². The van der Waals surface area contributed by atoms with Gasteiger partial charge in [-0.15, -0.1) is 0 Å². The minimum Gasteiger partial charge on any atom is -0.322 e. The molecule has 1 aromatic heterocycles. The van der Waals surface area contributed by atoms with Crippen LogP contribution in [0.4, 0.5) is 4.39 Å². The van der Waals surface area contributed by atoms with Gasteiger partial charge < -0.3 is 5.73 Å². The van der Waals surface area contributed by atoms with Crippen LogP contribution in [0, 0.1) is 17.1 Å². The van der Waals surface area contributed by atoms with Crippen molar-refractivity contribution in [2.75, 3.05) is 0 Å². The van der Waals surface area contributed by atoms with Gasteiger partial charge in [-0.1, -0.05) is 29.8 Å². The minimum absolute atomic E-state index is 0.338. The lowest BCUT2D eigenvalue weighted by Crippen LogP contribution is -2.16. The van der Waals surface area contributed by atoms with E-state index in [0.29, 0.717) is 28.3 Å². The normalized spacial score (nSPS) is 11.8. The van der Waals surface area contributed by atoms with Gasteiger partial charge in [0.2, 0.25) is 0 Å². The van der Waals surface area contributed by atoms with Gasteiger partial charge >= 0.3 is 0 Å². The number of nitrogens with zero attached hydrogens (tertiary/aromatic N) is 2. The average molecular weight is 352 g/mol. The summed E-state index contributed by atoms with van der Waals surface area (Å²) in [6.07, 6.45) is 2.07. The Kier molecular flexibility index (Phi) is 5.08. The Hall–Kier alpha value is -2.74. The molecule has 0 unspecified atom stereocenters. The van der Waals surface area contributed by atoms with Gasteiger partial charge in [0.05, 0.1) is 23.4 Å². The lowest BCUT2D eigenvalue weighted by atomic mass is 9.95. The van der Waals surface area contributed by atoms with Gasteiger partial charge in [0.25, 0.3) is 0 Å². The average Bonchev–Trinajstić information content (AvgIpc) is 2.61. The van der Waals surface area contributed by atoms with Crippen LogP contribution in [0.2, 0.25) is 5.02 Å². The summed E-state index contributed by atoms with van der Waals surface area (Å²) in [6, 6.07) is 17.1. The van der Waals surface area contributed by atoms with Gasteiger partial charge in [-0.05, 0) is 53.9 Å². The van der Waals surface area contributed by atoms with Crippen molar-refractivity contribution in [2.45, 2.75) is 12.5 Å². The van der Waals surface area contributed by atoms with Crippen LogP contribution in [-0.4, -0.2) is 4.98 Å². The van der Waals surface area contributed by atoms with E-state index in [-0.39, 0.29) is 0 Å². The van der Waals surface area contributed by atoms with E-state index in [1.165, 1.54) is 12.1 Å². The van der Waals surface area contributed by atoms with Crippen LogP contribution >= 0.6 is 11.6 Å². The molecule has 0 bridgehead atoms. The van der Waals surface area contributed by atoms with Crippen LogP contribution in [0.5, 0.6) is 0 Å². The number of benzene rings is 2. The molecule has 3 rings (SSSR count). The maximum absolute atomic E-state index is 13.5. The molecule has 0 saturated carbocycles. The first kappa shape index (κ1) is 17.1. The molecule has 0 spiro atoms. The maximum Gasteiger partial charge on any atom is 0.124 e. The van der Waals surface area contributed by atoms with Crippen molar-refractivity contribution >= 4 is 11.6 Å². The number of hydrogen-bond acceptors (Lipinski definition) is 3. The zero-order valence-corrected chi connectivity index (χ0v) is 14.0. The molecular formula is C20H15ClFN3. The summed E-state index contributed by atoms with van der Waals surface area (Å²) < 4.78 is 13.5. The van der Waals surface area contributed by atoms with Crippen LogP contribution in [-0.2, 0) is 6.42 Å². The molecule has 1 heterocycles. The summed E-state index contributed by atoms with van der Waals surface area (Å²) in [5.41, 5.74) is 10.0. The molecule has 0 aliphatic carbocycles. The number of nitrogens with two attached hydrogens (primary N) is 1. The summed E-state index contributed by atoms with van der Waals surface area (Å²) >= 11 is 5.91. The smallest absolute Gasteiger partial charge is 0.124 e. The number of rotatable bonds is 4. The van der Waals surface area contributed by atoms with E-state index in [1.807, 2.05) is 24.3 Å². The second-order valence-corrected chi connectivity index (χ2v) is 6.15. The first-order valence-electron chi connectivity index (χ1n) is 7.73. The Labute approximate surface area is 150 Å². The Morgan fingerprint density at radius 3 is 2.76 bits per heavy atom. The molecule has 0 aliphatic heterocycles. The molecule has 0 radical (unpaired) electrons. The van der Waals surface area contributed by atoms with Gasteiger partial charge in [-0.3, -0.25) is 4.98 Å². The molecule has 124 valence electrons. The van der Waals surface area contributed by atoms with Crippen molar-refractivity contribution in [3.05, 3.63) is 88.5 Å². The molecule has 3 aromatic rings. The van der Waals surface area contributed by atoms with E-state index in [2.05, 4.69) is 11.1 Å². The third-order valence-electron chi connectivity index (χ3n) is 3.87. The van der Waals surface area contributed by atoms with Gasteiger partial charge in [0, 0.05) is 16.8 Å². The molecule has 0 fully saturated rings. The fourth-order valence-electron chi connectivity index (χ4n) is 2.79. The Bertz CT molecular complexity index is 929. The van der Waals surface area contributed by atoms with Crippen molar-refractivity contribution in [3.63, 3.8) is 0 Å². The number of pyridine rings is 1. The van der Waals surface area contributed by atoms with Crippen LogP contribution < -0.4 is 5.73 Å². The molecule has 5 heteroatoms. The summed E-state index contributed by atoms with van der Waals surface area (Å²) in [7, 11) is 0. The van der Waals surface area contributed by atoms with E-state index in [1.54, 1.807) is 24.4 Å². The molecule has 0 saturated heterocycles. The van der Waals surface area contributed by atoms with Crippen LogP contribution in [0.15, 0.2) is 60.8 Å². The highest BCUT2D eigenvalue weighted by Gasteiger charge is 2.15. The number of halogens is 2. The lowest BCUT2D eigenvalue weighted by Gasteiger charge is -2.16. The SMILES string of the molecule is N#Cc1cccc(-c2cccnc2[C@@H](N)Cc2cc(F)cc(Cl)c2)c1. The highest BCUT2D eigenvalue weighted by Crippen LogP contribution is 2.28. The van der Waals surface area contributed by atoms with Crippen molar-refractivity contribution in [1.29, 1.82) is 5.26 Å². The fourth-order valence-corrected chi connectivity index (χ4v) is 3.04. The third-order valence-corrected chi connectivity index (χ3v) is 4.09. The standard InChI is InChI=1S/C20H15ClFN3/c21-16-8-14(9-17(22)11-16)10-19(24)20-18(5-2-6-25-20)15-4-1-3-13(7-15)12-23/h1-9,11,19H,10,24H2/t19-/m0/s1. The molecule has 2 aromatic carbocycles. The van der Waals surface area contributed by atoms with E-state index in [0.717, 1.165) is 11.1 Å². The van der Waals surface area contributed by atoms with E-state index >= 15 is 0 Å². The van der Waals surface area contributed by atoms with Crippen LogP contribution in [0.1, 0.15) is 22.9 Å². The lowest BCUT2D eigenvalue weighted by molar-refractivity contribution is 0.621.